The molecule has 168 valence electrons. The molecule has 1 heterocycles. The summed E-state index contributed by atoms with van der Waals surface area (Å²) in [5, 5.41) is 9.94. The van der Waals surface area contributed by atoms with Crippen molar-refractivity contribution in [2.24, 2.45) is 0 Å². The highest BCUT2D eigenvalue weighted by atomic mass is 16.2. The third-order valence-electron chi connectivity index (χ3n) is 5.98. The zero-order valence-corrected chi connectivity index (χ0v) is 18.6. The molecular formula is C25H24N4O4. The second-order valence-electron chi connectivity index (χ2n) is 8.11. The number of carbonyl (C=O) groups excluding carboxylic acids is 4. The summed E-state index contributed by atoms with van der Waals surface area (Å²) in [6, 6.07) is 17.6. The lowest BCUT2D eigenvalue weighted by Crippen LogP contribution is -2.42. The van der Waals surface area contributed by atoms with E-state index >= 15 is 0 Å². The van der Waals surface area contributed by atoms with Crippen molar-refractivity contribution < 1.29 is 19.2 Å². The maximum Gasteiger partial charge on any atom is 0.325 e. The van der Waals surface area contributed by atoms with E-state index in [0.29, 0.717) is 22.4 Å². The molecule has 1 saturated heterocycles. The van der Waals surface area contributed by atoms with E-state index in [0.717, 1.165) is 15.7 Å². The standard InChI is InChI=1S/C25H24N4O4/c1-15-19(22(31)26-3)9-6-10-20(15)27-21(30)14-29-23(32)25(2,28-24(29)33)18-12-11-16-7-4-5-8-17(16)13-18/h4-13H,14H2,1-3H3,(H,26,31)(H,27,30)(H,28,33). The molecule has 8 heteroatoms. The van der Waals surface area contributed by atoms with Crippen LogP contribution in [0.25, 0.3) is 10.8 Å². The van der Waals surface area contributed by atoms with E-state index in [4.69, 9.17) is 0 Å². The first-order chi connectivity index (χ1) is 15.7. The van der Waals surface area contributed by atoms with Crippen molar-refractivity contribution in [3.8, 4) is 0 Å². The van der Waals surface area contributed by atoms with Gasteiger partial charge < -0.3 is 16.0 Å². The summed E-state index contributed by atoms with van der Waals surface area (Å²) in [4.78, 5) is 51.5. The van der Waals surface area contributed by atoms with Crippen LogP contribution >= 0.6 is 0 Å². The van der Waals surface area contributed by atoms with Gasteiger partial charge in [-0.1, -0.05) is 42.5 Å². The molecule has 1 aliphatic rings. The Morgan fingerprint density at radius 2 is 1.73 bits per heavy atom. The van der Waals surface area contributed by atoms with Crippen LogP contribution in [-0.2, 0) is 15.1 Å². The second-order valence-corrected chi connectivity index (χ2v) is 8.11. The van der Waals surface area contributed by atoms with Crippen LogP contribution in [0.4, 0.5) is 10.5 Å². The first kappa shape index (κ1) is 22.0. The molecule has 0 saturated carbocycles. The summed E-state index contributed by atoms with van der Waals surface area (Å²) in [5.41, 5.74) is 0.802. The number of nitrogens with one attached hydrogen (secondary N) is 3. The molecule has 1 aliphatic heterocycles. The highest BCUT2D eigenvalue weighted by molar-refractivity contribution is 6.10. The van der Waals surface area contributed by atoms with Gasteiger partial charge in [0, 0.05) is 18.3 Å². The predicted molar refractivity (Wildman–Crippen MR) is 125 cm³/mol. The molecular weight excluding hydrogens is 420 g/mol. The van der Waals surface area contributed by atoms with Crippen molar-refractivity contribution >= 4 is 40.2 Å². The van der Waals surface area contributed by atoms with E-state index < -0.39 is 29.9 Å². The minimum absolute atomic E-state index is 0.274. The number of urea groups is 1. The Bertz CT molecular complexity index is 1300. The summed E-state index contributed by atoms with van der Waals surface area (Å²) >= 11 is 0. The minimum Gasteiger partial charge on any atom is -0.355 e. The van der Waals surface area contributed by atoms with Gasteiger partial charge in [0.15, 0.2) is 0 Å². The molecule has 0 radical (unpaired) electrons. The van der Waals surface area contributed by atoms with Crippen LogP contribution in [-0.4, -0.2) is 42.2 Å². The molecule has 1 atom stereocenters. The monoisotopic (exact) mass is 444 g/mol. The molecule has 0 aliphatic carbocycles. The fraction of sp³-hybridized carbons (Fsp3) is 0.200. The highest BCUT2D eigenvalue weighted by Crippen LogP contribution is 2.31. The molecule has 1 unspecified atom stereocenters. The van der Waals surface area contributed by atoms with Crippen LogP contribution in [0.1, 0.15) is 28.4 Å². The third kappa shape index (κ3) is 3.91. The maximum absolute atomic E-state index is 13.2. The van der Waals surface area contributed by atoms with Gasteiger partial charge in [-0.25, -0.2) is 4.79 Å². The van der Waals surface area contributed by atoms with Gasteiger partial charge in [0.2, 0.25) is 5.91 Å². The number of hydrogen-bond acceptors (Lipinski definition) is 4. The fourth-order valence-electron chi connectivity index (χ4n) is 4.02. The number of carbonyl (C=O) groups is 4. The summed E-state index contributed by atoms with van der Waals surface area (Å²) in [6.45, 7) is 2.90. The molecule has 0 spiro atoms. The van der Waals surface area contributed by atoms with Crippen LogP contribution in [0.2, 0.25) is 0 Å². The molecule has 5 amide bonds. The molecule has 0 bridgehead atoms. The van der Waals surface area contributed by atoms with E-state index in [1.807, 2.05) is 36.4 Å². The number of rotatable bonds is 5. The van der Waals surface area contributed by atoms with Gasteiger partial charge >= 0.3 is 6.03 Å². The number of benzene rings is 3. The zero-order chi connectivity index (χ0) is 23.8. The molecule has 3 aromatic carbocycles. The number of nitrogens with zero attached hydrogens (tertiary/aromatic N) is 1. The van der Waals surface area contributed by atoms with Gasteiger partial charge in [-0.3, -0.25) is 19.3 Å². The smallest absolute Gasteiger partial charge is 0.325 e. The van der Waals surface area contributed by atoms with E-state index in [1.165, 1.54) is 7.05 Å². The van der Waals surface area contributed by atoms with E-state index in [2.05, 4.69) is 16.0 Å². The number of anilines is 1. The summed E-state index contributed by atoms with van der Waals surface area (Å²) in [7, 11) is 1.52. The Morgan fingerprint density at radius 1 is 1.00 bits per heavy atom. The average Bonchev–Trinajstić information content (AvgIpc) is 3.03. The normalized spacial score (nSPS) is 17.7. The van der Waals surface area contributed by atoms with Crippen LogP contribution < -0.4 is 16.0 Å². The largest absolute Gasteiger partial charge is 0.355 e. The van der Waals surface area contributed by atoms with Crippen molar-refractivity contribution in [3.05, 3.63) is 77.4 Å². The lowest BCUT2D eigenvalue weighted by molar-refractivity contribution is -0.133. The Hall–Kier alpha value is -4.20. The van der Waals surface area contributed by atoms with Gasteiger partial charge in [-0.05, 0) is 53.9 Å². The first-order valence-electron chi connectivity index (χ1n) is 10.5. The van der Waals surface area contributed by atoms with E-state index in [9.17, 15) is 19.2 Å². The Labute approximate surface area is 191 Å². The molecule has 3 N–H and O–H groups in total. The Kier molecular flexibility index (Phi) is 5.59. The summed E-state index contributed by atoms with van der Waals surface area (Å²) in [6.07, 6.45) is 0. The van der Waals surface area contributed by atoms with Crippen molar-refractivity contribution in [3.63, 3.8) is 0 Å². The predicted octanol–water partition coefficient (Wildman–Crippen LogP) is 2.91. The molecule has 1 fully saturated rings. The Morgan fingerprint density at radius 3 is 2.45 bits per heavy atom. The molecule has 8 nitrogen and oxygen atoms in total. The maximum atomic E-state index is 13.2. The van der Waals surface area contributed by atoms with Crippen LogP contribution in [0.15, 0.2) is 60.7 Å². The Balaban J connectivity index is 1.53. The van der Waals surface area contributed by atoms with Gasteiger partial charge in [-0.15, -0.1) is 0 Å². The molecule has 33 heavy (non-hydrogen) atoms. The van der Waals surface area contributed by atoms with E-state index in [-0.39, 0.29) is 5.91 Å². The van der Waals surface area contributed by atoms with Crippen LogP contribution in [0.3, 0.4) is 0 Å². The second kappa shape index (κ2) is 8.38. The van der Waals surface area contributed by atoms with Gasteiger partial charge in [0.25, 0.3) is 11.8 Å². The fourth-order valence-corrected chi connectivity index (χ4v) is 4.02. The van der Waals surface area contributed by atoms with Crippen LogP contribution in [0.5, 0.6) is 0 Å². The highest BCUT2D eigenvalue weighted by Gasteiger charge is 2.49. The number of amides is 5. The number of imide groups is 1. The van der Waals surface area contributed by atoms with Crippen molar-refractivity contribution in [1.82, 2.24) is 15.5 Å². The topological polar surface area (TPSA) is 108 Å². The van der Waals surface area contributed by atoms with E-state index in [1.54, 1.807) is 38.1 Å². The van der Waals surface area contributed by atoms with Crippen molar-refractivity contribution in [1.29, 1.82) is 0 Å². The lowest BCUT2D eigenvalue weighted by atomic mass is 9.90. The quantitative estimate of drug-likeness (QED) is 0.526. The average molecular weight is 444 g/mol. The first-order valence-corrected chi connectivity index (χ1v) is 10.5. The summed E-state index contributed by atoms with van der Waals surface area (Å²) < 4.78 is 0. The summed E-state index contributed by atoms with van der Waals surface area (Å²) in [5.74, 6) is -1.32. The SMILES string of the molecule is CNC(=O)c1cccc(NC(=O)CN2C(=O)NC(C)(c3ccc4ccccc4c3)C2=O)c1C. The van der Waals surface area contributed by atoms with Gasteiger partial charge in [0.1, 0.15) is 12.1 Å². The molecule has 3 aromatic rings. The third-order valence-corrected chi connectivity index (χ3v) is 5.98. The van der Waals surface area contributed by atoms with Crippen LogP contribution in [0, 0.1) is 6.92 Å². The van der Waals surface area contributed by atoms with Crippen molar-refractivity contribution in [2.75, 3.05) is 18.9 Å². The number of fused-ring (bicyclic) bond motifs is 1. The van der Waals surface area contributed by atoms with Gasteiger partial charge in [0.05, 0.1) is 0 Å². The zero-order valence-electron chi connectivity index (χ0n) is 18.6. The number of hydrogen-bond donors (Lipinski definition) is 3. The van der Waals surface area contributed by atoms with Crippen molar-refractivity contribution in [2.45, 2.75) is 19.4 Å². The van der Waals surface area contributed by atoms with Gasteiger partial charge in [-0.2, -0.15) is 0 Å². The lowest BCUT2D eigenvalue weighted by Gasteiger charge is -2.22. The molecule has 0 aromatic heterocycles. The molecule has 4 rings (SSSR count). The minimum atomic E-state index is -1.28.